The molecule has 0 spiro atoms. The van der Waals surface area contributed by atoms with Crippen molar-refractivity contribution in [2.24, 2.45) is 11.1 Å². The van der Waals surface area contributed by atoms with Gasteiger partial charge >= 0.3 is 17.9 Å². The highest BCUT2D eigenvalue weighted by molar-refractivity contribution is 7.80. The van der Waals surface area contributed by atoms with Gasteiger partial charge in [0.25, 0.3) is 0 Å². The SMILES string of the molecule is CC(C)(CCC(C)(C)NC(=O)CCC(NC(=S)NC(CCC(=O)O)C(=O)O)C(=O)O)CC(=O)NC(Cc1ccccc1)C(=O)NCC(N)=O. The van der Waals surface area contributed by atoms with E-state index in [1.54, 1.807) is 26.0 Å². The molecule has 0 aromatic heterocycles. The van der Waals surface area contributed by atoms with E-state index < -0.39 is 71.1 Å². The zero-order valence-corrected chi connectivity index (χ0v) is 29.0. The van der Waals surface area contributed by atoms with Gasteiger partial charge in [0, 0.05) is 31.2 Å². The van der Waals surface area contributed by atoms with Crippen LogP contribution in [0.25, 0.3) is 0 Å². The third-order valence-electron chi connectivity index (χ3n) is 7.43. The minimum atomic E-state index is -1.36. The smallest absolute Gasteiger partial charge is 0.326 e. The van der Waals surface area contributed by atoms with Crippen LogP contribution in [0.3, 0.4) is 0 Å². The second-order valence-corrected chi connectivity index (χ2v) is 13.5. The fourth-order valence-electron chi connectivity index (χ4n) is 4.69. The number of carbonyl (C=O) groups excluding carboxylic acids is 4. The summed E-state index contributed by atoms with van der Waals surface area (Å²) in [6.45, 7) is 6.96. The van der Waals surface area contributed by atoms with Crippen molar-refractivity contribution in [2.75, 3.05) is 6.54 Å². The number of carbonyl (C=O) groups is 7. The molecule has 1 rings (SSSR count). The first-order valence-electron chi connectivity index (χ1n) is 15.6. The van der Waals surface area contributed by atoms with Gasteiger partial charge in [0.05, 0.1) is 6.54 Å². The minimum absolute atomic E-state index is 0.0599. The molecule has 272 valence electrons. The van der Waals surface area contributed by atoms with Gasteiger partial charge in [-0.15, -0.1) is 0 Å². The van der Waals surface area contributed by atoms with Crippen molar-refractivity contribution in [1.29, 1.82) is 0 Å². The summed E-state index contributed by atoms with van der Waals surface area (Å²) in [6, 6.07) is 5.44. The van der Waals surface area contributed by atoms with Gasteiger partial charge in [0.15, 0.2) is 5.11 Å². The summed E-state index contributed by atoms with van der Waals surface area (Å²) in [5, 5.41) is 40.3. The van der Waals surface area contributed by atoms with Gasteiger partial charge in [-0.1, -0.05) is 44.2 Å². The first-order valence-corrected chi connectivity index (χ1v) is 16.1. The number of thiocarbonyl (C=S) groups is 1. The Hall–Kier alpha value is -4.80. The zero-order valence-electron chi connectivity index (χ0n) is 28.2. The molecule has 0 saturated carbocycles. The summed E-state index contributed by atoms with van der Waals surface area (Å²) in [5.41, 5.74) is 4.66. The normalized spacial score (nSPS) is 13.1. The molecular formula is C32H48N6O10S. The number of nitrogens with two attached hydrogens (primary N) is 1. The lowest BCUT2D eigenvalue weighted by Gasteiger charge is -2.32. The summed E-state index contributed by atoms with van der Waals surface area (Å²) in [7, 11) is 0. The Balaban J connectivity index is 2.70. The van der Waals surface area contributed by atoms with Gasteiger partial charge in [-0.2, -0.15) is 0 Å². The standard InChI is InChI=1S/C32H48N6O10S/c1-31(2,17-25(41)35-22(27(44)34-18-23(33)39)16-19-8-6-5-7-9-19)14-15-32(3,4)38-24(40)12-10-20(28(45)46)36-30(49)37-21(29(47)48)11-13-26(42)43/h5-9,20-22H,10-18H2,1-4H3,(H2,33,39)(H,34,44)(H,35,41)(H,38,40)(H,42,43)(H,45,46)(H,47,48)(H2,36,37,49). The molecule has 0 aliphatic heterocycles. The van der Waals surface area contributed by atoms with Gasteiger partial charge in [-0.25, -0.2) is 9.59 Å². The number of nitrogens with one attached hydrogen (secondary N) is 5. The molecule has 3 atom stereocenters. The summed E-state index contributed by atoms with van der Waals surface area (Å²) in [4.78, 5) is 83.7. The lowest BCUT2D eigenvalue weighted by molar-refractivity contribution is -0.141. The third-order valence-corrected chi connectivity index (χ3v) is 7.66. The predicted molar refractivity (Wildman–Crippen MR) is 182 cm³/mol. The lowest BCUT2D eigenvalue weighted by Crippen LogP contribution is -2.51. The zero-order chi connectivity index (χ0) is 37.4. The van der Waals surface area contributed by atoms with Crippen molar-refractivity contribution in [2.45, 2.75) is 103 Å². The lowest BCUT2D eigenvalue weighted by atomic mass is 9.80. The maximum Gasteiger partial charge on any atom is 0.326 e. The van der Waals surface area contributed by atoms with Crippen LogP contribution in [0.15, 0.2) is 30.3 Å². The van der Waals surface area contributed by atoms with Crippen LogP contribution >= 0.6 is 12.2 Å². The maximum atomic E-state index is 13.1. The number of primary amides is 1. The topological polar surface area (TPSA) is 266 Å². The number of hydrogen-bond acceptors (Lipinski definition) is 8. The van der Waals surface area contributed by atoms with E-state index in [4.69, 9.17) is 23.1 Å². The van der Waals surface area contributed by atoms with Crippen molar-refractivity contribution in [1.82, 2.24) is 26.6 Å². The molecule has 0 saturated heterocycles. The van der Waals surface area contributed by atoms with Crippen molar-refractivity contribution < 1.29 is 48.9 Å². The van der Waals surface area contributed by atoms with Crippen LogP contribution in [0.1, 0.15) is 78.2 Å². The number of rotatable bonds is 22. The Labute approximate surface area is 290 Å². The molecule has 0 heterocycles. The molecule has 1 aromatic rings. The van der Waals surface area contributed by atoms with Crippen LogP contribution in [-0.4, -0.2) is 92.2 Å². The van der Waals surface area contributed by atoms with E-state index in [9.17, 15) is 43.8 Å². The molecule has 0 fully saturated rings. The van der Waals surface area contributed by atoms with Crippen LogP contribution in [0, 0.1) is 5.41 Å². The number of carboxylic acid groups (broad SMARTS) is 3. The number of amides is 4. The molecule has 49 heavy (non-hydrogen) atoms. The monoisotopic (exact) mass is 708 g/mol. The van der Waals surface area contributed by atoms with E-state index in [2.05, 4.69) is 26.6 Å². The quantitative estimate of drug-likeness (QED) is 0.0741. The molecule has 0 aliphatic carbocycles. The molecular weight excluding hydrogens is 660 g/mol. The molecule has 10 N–H and O–H groups in total. The van der Waals surface area contributed by atoms with Gasteiger partial charge < -0.3 is 47.6 Å². The van der Waals surface area contributed by atoms with Crippen LogP contribution in [0.5, 0.6) is 0 Å². The Morgan fingerprint density at radius 3 is 1.84 bits per heavy atom. The largest absolute Gasteiger partial charge is 0.481 e. The van der Waals surface area contributed by atoms with E-state index in [1.165, 1.54) is 0 Å². The van der Waals surface area contributed by atoms with Crippen molar-refractivity contribution in [3.63, 3.8) is 0 Å². The van der Waals surface area contributed by atoms with Gasteiger partial charge in [0.1, 0.15) is 18.1 Å². The number of hydrogen-bond donors (Lipinski definition) is 9. The highest BCUT2D eigenvalue weighted by atomic mass is 32.1. The Morgan fingerprint density at radius 2 is 1.33 bits per heavy atom. The van der Waals surface area contributed by atoms with Crippen LogP contribution in [0.2, 0.25) is 0 Å². The van der Waals surface area contributed by atoms with E-state index in [0.717, 1.165) is 5.56 Å². The Bertz CT molecular complexity index is 1350. The second-order valence-electron chi connectivity index (χ2n) is 13.1. The summed E-state index contributed by atoms with van der Waals surface area (Å²) in [5.74, 6) is -5.97. The molecule has 4 amide bonds. The fraction of sp³-hybridized carbons (Fsp3) is 0.562. The summed E-state index contributed by atoms with van der Waals surface area (Å²) < 4.78 is 0. The van der Waals surface area contributed by atoms with E-state index >= 15 is 0 Å². The Kier molecular flexibility index (Phi) is 17.1. The van der Waals surface area contributed by atoms with Crippen LogP contribution in [-0.2, 0) is 40.0 Å². The van der Waals surface area contributed by atoms with E-state index in [0.29, 0.717) is 12.8 Å². The first kappa shape index (κ1) is 42.2. The molecule has 0 bridgehead atoms. The van der Waals surface area contributed by atoms with Crippen molar-refractivity contribution in [3.05, 3.63) is 35.9 Å². The maximum absolute atomic E-state index is 13.1. The number of aliphatic carboxylic acids is 3. The molecule has 16 nitrogen and oxygen atoms in total. The first-order chi connectivity index (χ1) is 22.7. The summed E-state index contributed by atoms with van der Waals surface area (Å²) >= 11 is 5.02. The highest BCUT2D eigenvalue weighted by Gasteiger charge is 2.30. The minimum Gasteiger partial charge on any atom is -0.481 e. The molecule has 17 heteroatoms. The molecule has 0 aliphatic rings. The molecule has 1 aromatic carbocycles. The molecule has 3 unspecified atom stereocenters. The second kappa shape index (κ2) is 19.9. The average molecular weight is 709 g/mol. The summed E-state index contributed by atoms with van der Waals surface area (Å²) in [6.07, 6.45) is 0.0934. The van der Waals surface area contributed by atoms with Gasteiger partial charge in [0.2, 0.25) is 23.6 Å². The third kappa shape index (κ3) is 18.4. The predicted octanol–water partition coefficient (Wildman–Crippen LogP) is 0.422. The molecule has 0 radical (unpaired) electrons. The number of carboxylic acids is 3. The van der Waals surface area contributed by atoms with Crippen molar-refractivity contribution in [3.8, 4) is 0 Å². The highest BCUT2D eigenvalue weighted by Crippen LogP contribution is 2.30. The van der Waals surface area contributed by atoms with Crippen LogP contribution in [0.4, 0.5) is 0 Å². The van der Waals surface area contributed by atoms with Gasteiger partial charge in [-0.3, -0.25) is 24.0 Å². The van der Waals surface area contributed by atoms with Crippen molar-refractivity contribution >= 4 is 58.9 Å². The number of benzene rings is 1. The average Bonchev–Trinajstić information content (AvgIpc) is 2.98. The van der Waals surface area contributed by atoms with E-state index in [1.807, 2.05) is 32.0 Å². The van der Waals surface area contributed by atoms with E-state index in [-0.39, 0.29) is 49.7 Å². The van der Waals surface area contributed by atoms with Crippen LogP contribution < -0.4 is 32.3 Å². The fourth-order valence-corrected chi connectivity index (χ4v) is 4.98. The Morgan fingerprint density at radius 1 is 0.776 bits per heavy atom. The van der Waals surface area contributed by atoms with Gasteiger partial charge in [-0.05, 0) is 62.7 Å².